The standard InChI is InChI=1S/C12H26N2/c1-3-12(13)8-5-9-14(2)10-11-6-4-7-11/h11-12H,3-10,13H2,1-2H3. The molecule has 1 fully saturated rings. The molecule has 2 N–H and O–H groups in total. The van der Waals surface area contributed by atoms with E-state index in [2.05, 4.69) is 18.9 Å². The quantitative estimate of drug-likeness (QED) is 0.680. The van der Waals surface area contributed by atoms with E-state index in [1.807, 2.05) is 0 Å². The Morgan fingerprint density at radius 1 is 1.43 bits per heavy atom. The van der Waals surface area contributed by atoms with E-state index in [1.54, 1.807) is 0 Å². The molecule has 1 aliphatic rings. The molecular weight excluding hydrogens is 172 g/mol. The van der Waals surface area contributed by atoms with Gasteiger partial charge in [-0.3, -0.25) is 0 Å². The van der Waals surface area contributed by atoms with Crippen LogP contribution < -0.4 is 5.73 Å². The summed E-state index contributed by atoms with van der Waals surface area (Å²) < 4.78 is 0. The van der Waals surface area contributed by atoms with E-state index in [-0.39, 0.29) is 0 Å². The van der Waals surface area contributed by atoms with Gasteiger partial charge in [-0.1, -0.05) is 13.3 Å². The molecule has 0 aromatic carbocycles. The van der Waals surface area contributed by atoms with Crippen LogP contribution in [-0.2, 0) is 0 Å². The molecule has 0 heterocycles. The molecule has 0 aromatic rings. The highest BCUT2D eigenvalue weighted by Gasteiger charge is 2.18. The van der Waals surface area contributed by atoms with Gasteiger partial charge in [0, 0.05) is 12.6 Å². The smallest absolute Gasteiger partial charge is 0.00366 e. The Morgan fingerprint density at radius 3 is 2.64 bits per heavy atom. The number of rotatable bonds is 7. The van der Waals surface area contributed by atoms with E-state index in [0.29, 0.717) is 6.04 Å². The third kappa shape index (κ3) is 4.43. The Kier molecular flexibility index (Phi) is 5.49. The minimum absolute atomic E-state index is 0.423. The maximum Gasteiger partial charge on any atom is 0.00366 e. The fourth-order valence-electron chi connectivity index (χ4n) is 2.03. The molecule has 1 rings (SSSR count). The lowest BCUT2D eigenvalue weighted by molar-refractivity contribution is 0.202. The predicted molar refractivity (Wildman–Crippen MR) is 62.3 cm³/mol. The lowest BCUT2D eigenvalue weighted by Gasteiger charge is -2.30. The lowest BCUT2D eigenvalue weighted by Crippen LogP contribution is -2.31. The van der Waals surface area contributed by atoms with Gasteiger partial charge in [-0.25, -0.2) is 0 Å². The van der Waals surface area contributed by atoms with Crippen LogP contribution in [0, 0.1) is 5.92 Å². The largest absolute Gasteiger partial charge is 0.328 e. The summed E-state index contributed by atoms with van der Waals surface area (Å²) in [5.41, 5.74) is 5.88. The third-order valence-electron chi connectivity index (χ3n) is 3.43. The van der Waals surface area contributed by atoms with Gasteiger partial charge in [-0.2, -0.15) is 0 Å². The van der Waals surface area contributed by atoms with E-state index in [1.165, 1.54) is 45.2 Å². The molecule has 2 heteroatoms. The average Bonchev–Trinajstić information content (AvgIpc) is 2.11. The molecule has 1 saturated carbocycles. The minimum Gasteiger partial charge on any atom is -0.328 e. The van der Waals surface area contributed by atoms with Crippen molar-refractivity contribution in [1.82, 2.24) is 4.90 Å². The topological polar surface area (TPSA) is 29.3 Å². The van der Waals surface area contributed by atoms with Gasteiger partial charge in [-0.05, 0) is 51.6 Å². The molecule has 0 saturated heterocycles. The highest BCUT2D eigenvalue weighted by atomic mass is 15.1. The van der Waals surface area contributed by atoms with Gasteiger partial charge < -0.3 is 10.6 Å². The Balaban J connectivity index is 1.94. The Labute approximate surface area is 88.8 Å². The van der Waals surface area contributed by atoms with Gasteiger partial charge in [0.15, 0.2) is 0 Å². The first-order chi connectivity index (χ1) is 6.72. The molecule has 1 unspecified atom stereocenters. The second-order valence-corrected chi connectivity index (χ2v) is 4.87. The molecule has 0 bridgehead atoms. The number of nitrogens with zero attached hydrogens (tertiary/aromatic N) is 1. The van der Waals surface area contributed by atoms with Crippen molar-refractivity contribution >= 4 is 0 Å². The van der Waals surface area contributed by atoms with Gasteiger partial charge in [0.2, 0.25) is 0 Å². The minimum atomic E-state index is 0.423. The molecule has 1 atom stereocenters. The number of nitrogens with two attached hydrogens (primary N) is 1. The zero-order valence-electron chi connectivity index (χ0n) is 9.84. The van der Waals surface area contributed by atoms with Crippen molar-refractivity contribution < 1.29 is 0 Å². The highest BCUT2D eigenvalue weighted by molar-refractivity contribution is 4.72. The first-order valence-electron chi connectivity index (χ1n) is 6.16. The first-order valence-corrected chi connectivity index (χ1v) is 6.16. The van der Waals surface area contributed by atoms with Crippen LogP contribution in [0.4, 0.5) is 0 Å². The van der Waals surface area contributed by atoms with E-state index in [4.69, 9.17) is 5.73 Å². The average molecular weight is 198 g/mol. The van der Waals surface area contributed by atoms with E-state index >= 15 is 0 Å². The van der Waals surface area contributed by atoms with Crippen LogP contribution in [0.1, 0.15) is 45.4 Å². The summed E-state index contributed by atoms with van der Waals surface area (Å²) in [6, 6.07) is 0.423. The monoisotopic (exact) mass is 198 g/mol. The molecular formula is C12H26N2. The summed E-state index contributed by atoms with van der Waals surface area (Å²) in [5.74, 6) is 1.000. The molecule has 0 aliphatic heterocycles. The Hall–Kier alpha value is -0.0800. The highest BCUT2D eigenvalue weighted by Crippen LogP contribution is 2.26. The summed E-state index contributed by atoms with van der Waals surface area (Å²) in [7, 11) is 2.25. The van der Waals surface area contributed by atoms with Gasteiger partial charge in [0.25, 0.3) is 0 Å². The van der Waals surface area contributed by atoms with Crippen LogP contribution in [-0.4, -0.2) is 31.1 Å². The van der Waals surface area contributed by atoms with Gasteiger partial charge >= 0.3 is 0 Å². The Morgan fingerprint density at radius 2 is 2.14 bits per heavy atom. The molecule has 0 spiro atoms. The van der Waals surface area contributed by atoms with Crippen molar-refractivity contribution in [3.05, 3.63) is 0 Å². The summed E-state index contributed by atoms with van der Waals surface area (Å²) in [5, 5.41) is 0. The molecule has 0 aromatic heterocycles. The molecule has 0 amide bonds. The lowest BCUT2D eigenvalue weighted by atomic mass is 9.85. The first kappa shape index (κ1) is 12.0. The predicted octanol–water partition coefficient (Wildman–Crippen LogP) is 2.24. The van der Waals surface area contributed by atoms with Crippen molar-refractivity contribution in [1.29, 1.82) is 0 Å². The van der Waals surface area contributed by atoms with Crippen molar-refractivity contribution in [3.8, 4) is 0 Å². The normalized spacial score (nSPS) is 19.7. The van der Waals surface area contributed by atoms with Crippen LogP contribution >= 0.6 is 0 Å². The van der Waals surface area contributed by atoms with E-state index in [9.17, 15) is 0 Å². The fourth-order valence-corrected chi connectivity index (χ4v) is 2.03. The molecule has 1 aliphatic carbocycles. The van der Waals surface area contributed by atoms with Gasteiger partial charge in [0.05, 0.1) is 0 Å². The molecule has 0 radical (unpaired) electrons. The number of hydrogen-bond donors (Lipinski definition) is 1. The zero-order valence-corrected chi connectivity index (χ0v) is 9.84. The summed E-state index contributed by atoms with van der Waals surface area (Å²) in [6.07, 6.45) is 7.94. The summed E-state index contributed by atoms with van der Waals surface area (Å²) >= 11 is 0. The van der Waals surface area contributed by atoms with Crippen molar-refractivity contribution in [2.24, 2.45) is 11.7 Å². The second-order valence-electron chi connectivity index (χ2n) is 4.87. The van der Waals surface area contributed by atoms with E-state index in [0.717, 1.165) is 12.3 Å². The molecule has 2 nitrogen and oxygen atoms in total. The maximum atomic E-state index is 5.88. The van der Waals surface area contributed by atoms with Crippen LogP contribution in [0.5, 0.6) is 0 Å². The second kappa shape index (κ2) is 6.41. The van der Waals surface area contributed by atoms with Gasteiger partial charge in [-0.15, -0.1) is 0 Å². The van der Waals surface area contributed by atoms with Crippen molar-refractivity contribution in [2.45, 2.75) is 51.5 Å². The summed E-state index contributed by atoms with van der Waals surface area (Å²) in [4.78, 5) is 2.48. The summed E-state index contributed by atoms with van der Waals surface area (Å²) in [6.45, 7) is 4.70. The molecule has 14 heavy (non-hydrogen) atoms. The number of hydrogen-bond acceptors (Lipinski definition) is 2. The Bertz CT molecular complexity index is 143. The van der Waals surface area contributed by atoms with Gasteiger partial charge in [0.1, 0.15) is 0 Å². The van der Waals surface area contributed by atoms with Crippen molar-refractivity contribution in [2.75, 3.05) is 20.1 Å². The molecule has 84 valence electrons. The van der Waals surface area contributed by atoms with Crippen LogP contribution in [0.25, 0.3) is 0 Å². The van der Waals surface area contributed by atoms with Crippen LogP contribution in [0.2, 0.25) is 0 Å². The maximum absolute atomic E-state index is 5.88. The zero-order chi connectivity index (χ0) is 10.4. The van der Waals surface area contributed by atoms with Crippen LogP contribution in [0.3, 0.4) is 0 Å². The van der Waals surface area contributed by atoms with Crippen LogP contribution in [0.15, 0.2) is 0 Å². The van der Waals surface area contributed by atoms with Crippen molar-refractivity contribution in [3.63, 3.8) is 0 Å². The third-order valence-corrected chi connectivity index (χ3v) is 3.43. The fraction of sp³-hybridized carbons (Fsp3) is 1.00. The SMILES string of the molecule is CCC(N)CCCN(C)CC1CCC1. The van der Waals surface area contributed by atoms with E-state index < -0.39 is 0 Å².